The number of rotatable bonds is 20. The molecule has 0 saturated carbocycles. The summed E-state index contributed by atoms with van der Waals surface area (Å²) < 4.78 is 11.6. The van der Waals surface area contributed by atoms with Gasteiger partial charge in [0.05, 0.1) is 25.4 Å². The van der Waals surface area contributed by atoms with E-state index in [1.165, 1.54) is 87.7 Å². The van der Waals surface area contributed by atoms with Crippen molar-refractivity contribution in [2.24, 2.45) is 41.2 Å². The summed E-state index contributed by atoms with van der Waals surface area (Å²) in [5, 5.41) is 20.6. The molecule has 6 N–H and O–H groups in total. The van der Waals surface area contributed by atoms with Gasteiger partial charge in [-0.05, 0) is 115 Å². The molecule has 11 amide bonds. The quantitative estimate of drug-likeness (QED) is 0.0664. The van der Waals surface area contributed by atoms with Gasteiger partial charge in [-0.2, -0.15) is 0 Å². The molecule has 2 rings (SSSR count). The van der Waals surface area contributed by atoms with Crippen LogP contribution < -0.4 is 21.7 Å². The van der Waals surface area contributed by atoms with E-state index < -0.39 is 180 Å². The third-order valence-corrected chi connectivity index (χ3v) is 18.5. The first-order valence-electron chi connectivity index (χ1n) is 34.0. The molecule has 542 valence electrons. The van der Waals surface area contributed by atoms with Crippen LogP contribution >= 0.6 is 0 Å². The summed E-state index contributed by atoms with van der Waals surface area (Å²) in [6.45, 7) is 28.4. The average molecular weight is 1350 g/mol. The minimum Gasteiger partial charge on any atom is -0.465 e. The summed E-state index contributed by atoms with van der Waals surface area (Å²) >= 11 is 0. The van der Waals surface area contributed by atoms with Gasteiger partial charge in [0, 0.05) is 62.0 Å². The van der Waals surface area contributed by atoms with Gasteiger partial charge in [0.15, 0.2) is 0 Å². The minimum atomic E-state index is -1.68. The van der Waals surface area contributed by atoms with Crippen molar-refractivity contribution in [3.63, 3.8) is 0 Å². The van der Waals surface area contributed by atoms with Crippen molar-refractivity contribution in [2.45, 2.75) is 247 Å². The van der Waals surface area contributed by atoms with Gasteiger partial charge in [-0.1, -0.05) is 95.2 Å². The Morgan fingerprint density at radius 3 is 1.66 bits per heavy atom. The standard InChI is InChI=1S/C68H120N12O15/c1-25-27-30-42(13)57(82)56-60(85)71-47(26-2)63(88)73(18)36-51(81)77(22)55(46(17)94-31-28-29-32-95-68(93)52(69)39(7)8)59(84)72-53(40(9)10)66(91)74(19)48(33-37(3)4)58(83)70-44(15)61(86)80-43(14)35-50(65(90)78(23)54(41(11)12)67(92)79(56)24)76(21)64(89)49(34-38(5)6)75(20)62(87)45(80)16/h25,27,37-50,52-57,82H,26,28-36,69H2,1-24H3,(H,70,83)(H,71,85)(H,72,84)/b27-25+/t42-,43?,44+,45-,46-,47+,48+,49+,50+,52+,53+,54+,55+,56-,57-/m1/s1. The van der Waals surface area contributed by atoms with Crippen molar-refractivity contribution in [1.82, 2.24) is 55.1 Å². The zero-order valence-electron chi connectivity index (χ0n) is 61.6. The van der Waals surface area contributed by atoms with E-state index in [1.54, 1.807) is 88.3 Å². The van der Waals surface area contributed by atoms with Crippen LogP contribution in [0.5, 0.6) is 0 Å². The number of hydrogen-bond acceptors (Lipinski definition) is 16. The van der Waals surface area contributed by atoms with Gasteiger partial charge < -0.3 is 75.5 Å². The number of carbonyl (C=O) groups excluding carboxylic acids is 12. The number of amides is 11. The molecule has 0 radical (unpaired) electrons. The number of unbranched alkanes of at least 4 members (excludes halogenated alkanes) is 1. The first-order valence-corrected chi connectivity index (χ1v) is 34.0. The van der Waals surface area contributed by atoms with Gasteiger partial charge in [0.2, 0.25) is 65.0 Å². The third kappa shape index (κ3) is 22.4. The highest BCUT2D eigenvalue weighted by Gasteiger charge is 2.48. The van der Waals surface area contributed by atoms with E-state index in [2.05, 4.69) is 16.0 Å². The monoisotopic (exact) mass is 1340 g/mol. The van der Waals surface area contributed by atoms with Crippen LogP contribution in [0.4, 0.5) is 0 Å². The van der Waals surface area contributed by atoms with Crippen molar-refractivity contribution in [3.8, 4) is 0 Å². The molecule has 2 aliphatic rings. The summed E-state index contributed by atoms with van der Waals surface area (Å²) in [6, 6.07) is -15.4. The fourth-order valence-electron chi connectivity index (χ4n) is 12.3. The number of nitrogens with zero attached hydrogens (tertiary/aromatic N) is 8. The maximum atomic E-state index is 15.6. The molecule has 2 aliphatic heterocycles. The van der Waals surface area contributed by atoms with Gasteiger partial charge in [0.25, 0.3) is 0 Å². The second-order valence-corrected chi connectivity index (χ2v) is 28.3. The Morgan fingerprint density at radius 2 is 1.14 bits per heavy atom. The Bertz CT molecular complexity index is 2670. The van der Waals surface area contributed by atoms with Crippen molar-refractivity contribution in [1.29, 1.82) is 0 Å². The number of fused-ring (bicyclic) bond motifs is 3. The number of aliphatic hydroxyl groups excluding tert-OH is 1. The Kier molecular flexibility index (Phi) is 34.0. The molecule has 2 bridgehead atoms. The van der Waals surface area contributed by atoms with Crippen molar-refractivity contribution in [2.75, 3.05) is 69.1 Å². The molecule has 27 nitrogen and oxygen atoms in total. The number of ether oxygens (including phenoxy) is 2. The van der Waals surface area contributed by atoms with E-state index >= 15 is 24.0 Å². The molecule has 2 heterocycles. The number of likely N-dealkylation sites (N-methyl/N-ethyl adjacent to an activating group) is 7. The fourth-order valence-corrected chi connectivity index (χ4v) is 12.3. The number of carbonyl (C=O) groups is 12. The second-order valence-electron chi connectivity index (χ2n) is 28.3. The molecule has 27 heteroatoms. The normalized spacial score (nSPS) is 27.2. The zero-order valence-corrected chi connectivity index (χ0v) is 61.6. The van der Waals surface area contributed by atoms with Gasteiger partial charge in [-0.25, -0.2) is 0 Å². The van der Waals surface area contributed by atoms with Gasteiger partial charge >= 0.3 is 5.97 Å². The third-order valence-electron chi connectivity index (χ3n) is 18.5. The lowest BCUT2D eigenvalue weighted by molar-refractivity contribution is -0.161. The van der Waals surface area contributed by atoms with Crippen LogP contribution in [0.1, 0.15) is 163 Å². The van der Waals surface area contributed by atoms with E-state index in [4.69, 9.17) is 15.2 Å². The maximum Gasteiger partial charge on any atom is 0.323 e. The predicted molar refractivity (Wildman–Crippen MR) is 361 cm³/mol. The molecular formula is C68H120N12O15. The van der Waals surface area contributed by atoms with E-state index in [0.29, 0.717) is 12.8 Å². The summed E-state index contributed by atoms with van der Waals surface area (Å²) in [5.74, 6) is -11.2. The molecule has 0 spiro atoms. The first-order chi connectivity index (χ1) is 44.0. The van der Waals surface area contributed by atoms with Crippen LogP contribution in [0.25, 0.3) is 0 Å². The molecule has 95 heavy (non-hydrogen) atoms. The Hall–Kier alpha value is -6.74. The van der Waals surface area contributed by atoms with Crippen LogP contribution in [0.15, 0.2) is 12.2 Å². The van der Waals surface area contributed by atoms with Crippen molar-refractivity contribution in [3.05, 3.63) is 12.2 Å². The summed E-state index contributed by atoms with van der Waals surface area (Å²) in [6.07, 6.45) is 1.81. The van der Waals surface area contributed by atoms with Gasteiger partial charge in [0.1, 0.15) is 66.5 Å². The SMILES string of the molecule is C/C=C/C[C@@H](C)[C@@H](O)[C@@H]1C(=O)N[C@@H](CC)C(=O)N(C)CC(=O)N(C)[C@@H]([C@@H](C)OCCCCOC(=O)[C@@H](N)C(C)C)C(=O)N[C@@H](C(C)C)C(=O)N(C)[C@@H](CC(C)C)C(=O)N[C@@H](C)C(=O)N2C(C)C[C@@H](C(=O)N(C)[C@@H](C(C)C)C(=O)N1C)N(C)C(=O)[C@H](CC(C)C)N(C)C(=O)[C@H]2C. The number of aliphatic hydroxyl groups is 1. The highest BCUT2D eigenvalue weighted by molar-refractivity contribution is 6.00. The van der Waals surface area contributed by atoms with Crippen molar-refractivity contribution < 1.29 is 72.1 Å². The van der Waals surface area contributed by atoms with E-state index in [-0.39, 0.29) is 63.1 Å². The number of nitrogens with one attached hydrogen (secondary N) is 3. The van der Waals surface area contributed by atoms with Crippen LogP contribution in [0.3, 0.4) is 0 Å². The van der Waals surface area contributed by atoms with E-state index in [0.717, 1.165) is 14.7 Å². The van der Waals surface area contributed by atoms with E-state index in [1.807, 2.05) is 27.7 Å². The Labute approximate surface area is 566 Å². The molecule has 2 fully saturated rings. The topological polar surface area (TPSA) is 332 Å². The number of allylic oxidation sites excluding steroid dienone is 2. The Morgan fingerprint density at radius 1 is 0.600 bits per heavy atom. The molecule has 0 aliphatic carbocycles. The highest BCUT2D eigenvalue weighted by atomic mass is 16.5. The maximum absolute atomic E-state index is 15.6. The van der Waals surface area contributed by atoms with E-state index in [9.17, 15) is 38.7 Å². The van der Waals surface area contributed by atoms with Crippen LogP contribution in [0, 0.1) is 35.5 Å². The van der Waals surface area contributed by atoms with Gasteiger partial charge in [-0.3, -0.25) is 57.5 Å². The summed E-state index contributed by atoms with van der Waals surface area (Å²) in [5.41, 5.74) is 5.95. The number of hydrogen-bond donors (Lipinski definition) is 5. The lowest BCUT2D eigenvalue weighted by Crippen LogP contribution is -2.65. The molecule has 0 aromatic heterocycles. The van der Waals surface area contributed by atoms with Crippen LogP contribution in [0.2, 0.25) is 0 Å². The largest absolute Gasteiger partial charge is 0.465 e. The minimum absolute atomic E-state index is 0.0251. The average Bonchev–Trinajstić information content (AvgIpc) is 0.799. The highest BCUT2D eigenvalue weighted by Crippen LogP contribution is 2.28. The number of nitrogens with two attached hydrogens (primary N) is 1. The lowest BCUT2D eigenvalue weighted by Gasteiger charge is -2.45. The molecule has 2 saturated heterocycles. The van der Waals surface area contributed by atoms with Crippen molar-refractivity contribution >= 4 is 70.9 Å². The molecule has 15 atom stereocenters. The predicted octanol–water partition coefficient (Wildman–Crippen LogP) is 2.39. The lowest BCUT2D eigenvalue weighted by atomic mass is 9.91. The fraction of sp³-hybridized carbons (Fsp3) is 0.794. The molecular weight excluding hydrogens is 1220 g/mol. The van der Waals surface area contributed by atoms with Crippen LogP contribution in [-0.4, -0.2) is 269 Å². The summed E-state index contributed by atoms with van der Waals surface area (Å²) in [7, 11) is 9.65. The molecule has 0 aromatic rings. The van der Waals surface area contributed by atoms with Gasteiger partial charge in [-0.15, -0.1) is 0 Å². The Balaban J connectivity index is 3.11. The van der Waals surface area contributed by atoms with Crippen LogP contribution in [-0.2, 0) is 67.0 Å². The molecule has 1 unspecified atom stereocenters. The first kappa shape index (κ1) is 84.3. The smallest absolute Gasteiger partial charge is 0.323 e. The number of esters is 1. The summed E-state index contributed by atoms with van der Waals surface area (Å²) in [4.78, 5) is 187. The second kappa shape index (κ2) is 38.3. The molecule has 0 aromatic carbocycles. The zero-order chi connectivity index (χ0) is 73.1.